The summed E-state index contributed by atoms with van der Waals surface area (Å²) in [7, 11) is 0. The number of imide groups is 1. The Morgan fingerprint density at radius 1 is 1.24 bits per heavy atom. The summed E-state index contributed by atoms with van der Waals surface area (Å²) in [6.45, 7) is -0.433. The minimum absolute atomic E-state index is 0.184. The van der Waals surface area contributed by atoms with E-state index >= 15 is 0 Å². The van der Waals surface area contributed by atoms with Crippen LogP contribution in [0, 0.1) is 0 Å². The summed E-state index contributed by atoms with van der Waals surface area (Å²) >= 11 is 7.99. The first-order chi connectivity index (χ1) is 11.9. The Balaban J connectivity index is 1.73. The number of furan rings is 1. The molecule has 9 heteroatoms. The molecule has 0 saturated carbocycles. The number of benzene rings is 1. The number of primary amides is 1. The van der Waals surface area contributed by atoms with E-state index in [2.05, 4.69) is 0 Å². The molecule has 128 valence electrons. The largest absolute Gasteiger partial charge is 0.450 e. The van der Waals surface area contributed by atoms with Crippen molar-refractivity contribution in [3.05, 3.63) is 52.1 Å². The molecule has 1 aromatic heterocycles. The lowest BCUT2D eigenvalue weighted by molar-refractivity contribution is -0.127. The quantitative estimate of drug-likeness (QED) is 0.778. The zero-order valence-corrected chi connectivity index (χ0v) is 15.0. The zero-order valence-electron chi connectivity index (χ0n) is 12.6. The van der Waals surface area contributed by atoms with Crippen molar-refractivity contribution in [3.63, 3.8) is 0 Å². The van der Waals surface area contributed by atoms with Crippen molar-refractivity contribution < 1.29 is 18.8 Å². The lowest BCUT2D eigenvalue weighted by atomic mass is 10.3. The molecular weight excluding hydrogens is 384 g/mol. The van der Waals surface area contributed by atoms with E-state index in [-0.39, 0.29) is 4.91 Å². The summed E-state index contributed by atoms with van der Waals surface area (Å²) in [5.74, 6) is -0.874. The molecule has 3 rings (SSSR count). The van der Waals surface area contributed by atoms with Crippen LogP contribution in [0.25, 0.3) is 6.08 Å². The van der Waals surface area contributed by atoms with Gasteiger partial charge < -0.3 is 10.2 Å². The van der Waals surface area contributed by atoms with E-state index in [9.17, 15) is 14.4 Å². The number of rotatable bonds is 5. The Morgan fingerprint density at radius 2 is 1.96 bits per heavy atom. The van der Waals surface area contributed by atoms with Crippen molar-refractivity contribution in [3.8, 4) is 0 Å². The van der Waals surface area contributed by atoms with Gasteiger partial charge in [0, 0.05) is 16.0 Å². The van der Waals surface area contributed by atoms with Crippen LogP contribution in [0.5, 0.6) is 0 Å². The van der Waals surface area contributed by atoms with Gasteiger partial charge in [-0.25, -0.2) is 0 Å². The van der Waals surface area contributed by atoms with Crippen molar-refractivity contribution in [1.29, 1.82) is 0 Å². The van der Waals surface area contributed by atoms with Gasteiger partial charge in [0.05, 0.1) is 4.91 Å². The molecule has 1 saturated heterocycles. The Morgan fingerprint density at radius 3 is 2.64 bits per heavy atom. The van der Waals surface area contributed by atoms with Gasteiger partial charge in [-0.15, -0.1) is 0 Å². The van der Waals surface area contributed by atoms with E-state index in [1.54, 1.807) is 24.3 Å². The highest BCUT2D eigenvalue weighted by Crippen LogP contribution is 2.34. The maximum absolute atomic E-state index is 12.1. The second-order valence-electron chi connectivity index (χ2n) is 4.95. The third kappa shape index (κ3) is 4.28. The van der Waals surface area contributed by atoms with Gasteiger partial charge >= 0.3 is 0 Å². The molecule has 0 aliphatic carbocycles. The molecule has 2 N–H and O–H groups in total. The number of hydrogen-bond acceptors (Lipinski definition) is 6. The fourth-order valence-corrected chi connectivity index (χ4v) is 3.73. The predicted octanol–water partition coefficient (Wildman–Crippen LogP) is 3.61. The lowest BCUT2D eigenvalue weighted by Crippen LogP contribution is -2.36. The van der Waals surface area contributed by atoms with Crippen LogP contribution in [0.3, 0.4) is 0 Å². The number of carbonyl (C=O) groups excluding carboxylic acids is 3. The van der Waals surface area contributed by atoms with Crippen molar-refractivity contribution in [1.82, 2.24) is 4.90 Å². The Kier molecular flexibility index (Phi) is 5.22. The van der Waals surface area contributed by atoms with Crippen LogP contribution in [-0.2, 0) is 9.59 Å². The van der Waals surface area contributed by atoms with Gasteiger partial charge in [-0.05, 0) is 48.2 Å². The van der Waals surface area contributed by atoms with Gasteiger partial charge in [0.2, 0.25) is 5.91 Å². The van der Waals surface area contributed by atoms with Gasteiger partial charge in [-0.3, -0.25) is 19.3 Å². The first-order valence-electron chi connectivity index (χ1n) is 6.99. The van der Waals surface area contributed by atoms with E-state index in [0.717, 1.165) is 21.6 Å². The topological polar surface area (TPSA) is 93.6 Å². The molecule has 1 aliphatic heterocycles. The number of thioether (sulfide) groups is 1. The predicted molar refractivity (Wildman–Crippen MR) is 96.2 cm³/mol. The number of amides is 3. The van der Waals surface area contributed by atoms with E-state index in [0.29, 0.717) is 15.9 Å². The maximum Gasteiger partial charge on any atom is 0.294 e. The summed E-state index contributed by atoms with van der Waals surface area (Å²) in [6.07, 6.45) is 1.47. The first kappa shape index (κ1) is 17.7. The minimum Gasteiger partial charge on any atom is -0.450 e. The van der Waals surface area contributed by atoms with Gasteiger partial charge in [-0.1, -0.05) is 23.4 Å². The summed E-state index contributed by atoms with van der Waals surface area (Å²) in [5, 5.41) is 0.749. The van der Waals surface area contributed by atoms with Gasteiger partial charge in [0.15, 0.2) is 5.09 Å². The molecule has 1 fully saturated rings. The van der Waals surface area contributed by atoms with Crippen LogP contribution in [0.1, 0.15) is 5.76 Å². The molecule has 1 aromatic carbocycles. The molecule has 0 bridgehead atoms. The fourth-order valence-electron chi connectivity index (χ4n) is 2.01. The Hall–Kier alpha value is -2.16. The second-order valence-corrected chi connectivity index (χ2v) is 7.45. The Labute approximate surface area is 156 Å². The molecule has 2 heterocycles. The highest BCUT2D eigenvalue weighted by atomic mass is 35.5. The van der Waals surface area contributed by atoms with E-state index in [1.807, 2.05) is 12.1 Å². The summed E-state index contributed by atoms with van der Waals surface area (Å²) in [4.78, 5) is 36.8. The highest BCUT2D eigenvalue weighted by molar-refractivity contribution is 8.18. The maximum atomic E-state index is 12.1. The lowest BCUT2D eigenvalue weighted by Gasteiger charge is -2.08. The van der Waals surface area contributed by atoms with E-state index in [4.69, 9.17) is 21.8 Å². The third-order valence-electron chi connectivity index (χ3n) is 3.10. The monoisotopic (exact) mass is 394 g/mol. The SMILES string of the molecule is NC(=O)CN1C(=O)S/C(=C\c2ccc(Sc3ccc(Cl)cc3)o2)C1=O. The molecule has 0 radical (unpaired) electrons. The van der Waals surface area contributed by atoms with Crippen molar-refractivity contribution in [2.75, 3.05) is 6.54 Å². The standard InChI is InChI=1S/C16H11ClN2O4S2/c17-9-1-4-11(5-2-9)24-14-6-3-10(23-14)7-12-15(21)19(8-13(18)20)16(22)25-12/h1-7H,8H2,(H2,18,20)/b12-7-. The van der Waals surface area contributed by atoms with E-state index < -0.39 is 23.6 Å². The number of hydrogen-bond donors (Lipinski definition) is 1. The molecular formula is C16H11ClN2O4S2. The van der Waals surface area contributed by atoms with Crippen LogP contribution in [0.4, 0.5) is 4.79 Å². The molecule has 2 aromatic rings. The number of halogens is 1. The zero-order chi connectivity index (χ0) is 18.0. The summed E-state index contributed by atoms with van der Waals surface area (Å²) < 4.78 is 5.65. The Bertz CT molecular complexity index is 877. The van der Waals surface area contributed by atoms with Crippen LogP contribution < -0.4 is 5.73 Å². The highest BCUT2D eigenvalue weighted by Gasteiger charge is 2.36. The molecule has 0 spiro atoms. The van der Waals surface area contributed by atoms with Crippen LogP contribution in [0.15, 0.2) is 55.7 Å². The molecule has 25 heavy (non-hydrogen) atoms. The van der Waals surface area contributed by atoms with Crippen LogP contribution in [-0.4, -0.2) is 28.5 Å². The van der Waals surface area contributed by atoms with Crippen LogP contribution in [0.2, 0.25) is 5.02 Å². The smallest absolute Gasteiger partial charge is 0.294 e. The van der Waals surface area contributed by atoms with Crippen molar-refractivity contribution in [2.45, 2.75) is 9.99 Å². The first-order valence-corrected chi connectivity index (χ1v) is 9.00. The molecule has 3 amide bonds. The summed E-state index contributed by atoms with van der Waals surface area (Å²) in [6, 6.07) is 10.7. The second kappa shape index (κ2) is 7.38. The summed E-state index contributed by atoms with van der Waals surface area (Å²) in [5.41, 5.74) is 5.04. The van der Waals surface area contributed by atoms with Crippen LogP contribution >= 0.6 is 35.1 Å². The van der Waals surface area contributed by atoms with E-state index in [1.165, 1.54) is 17.8 Å². The third-order valence-corrected chi connectivity index (χ3v) is 5.18. The number of nitrogens with zero attached hydrogens (tertiary/aromatic N) is 1. The molecule has 0 unspecified atom stereocenters. The molecule has 1 aliphatic rings. The van der Waals surface area contributed by atoms with Gasteiger partial charge in [-0.2, -0.15) is 0 Å². The molecule has 6 nitrogen and oxygen atoms in total. The average molecular weight is 395 g/mol. The average Bonchev–Trinajstić information content (AvgIpc) is 3.09. The molecule has 0 atom stereocenters. The van der Waals surface area contributed by atoms with Crippen molar-refractivity contribution in [2.24, 2.45) is 5.73 Å². The van der Waals surface area contributed by atoms with Gasteiger partial charge in [0.25, 0.3) is 11.1 Å². The fraction of sp³-hybridized carbons (Fsp3) is 0.0625. The normalized spacial score (nSPS) is 16.0. The minimum atomic E-state index is -0.747. The van der Waals surface area contributed by atoms with Crippen molar-refractivity contribution >= 4 is 58.3 Å². The number of carbonyl (C=O) groups is 3. The number of nitrogens with two attached hydrogens (primary N) is 1. The van der Waals surface area contributed by atoms with Gasteiger partial charge in [0.1, 0.15) is 12.3 Å².